The van der Waals surface area contributed by atoms with Gasteiger partial charge in [0.1, 0.15) is 0 Å². The van der Waals surface area contributed by atoms with Crippen molar-refractivity contribution in [1.82, 2.24) is 10.2 Å². The van der Waals surface area contributed by atoms with Crippen LogP contribution in [0.2, 0.25) is 0 Å². The highest BCUT2D eigenvalue weighted by Crippen LogP contribution is 2.09. The van der Waals surface area contributed by atoms with Crippen molar-refractivity contribution >= 4 is 0 Å². The topological polar surface area (TPSA) is 52.5 Å². The van der Waals surface area contributed by atoms with Crippen molar-refractivity contribution in [3.63, 3.8) is 0 Å². The molecule has 1 atom stereocenters. The van der Waals surface area contributed by atoms with Crippen molar-refractivity contribution in [2.24, 2.45) is 5.92 Å². The number of nitrogens with one attached hydrogen (secondary N) is 1. The molecule has 3 heteroatoms. The van der Waals surface area contributed by atoms with Gasteiger partial charge >= 0.3 is 0 Å². The van der Waals surface area contributed by atoms with E-state index in [0.717, 1.165) is 25.0 Å². The molecule has 0 spiro atoms. The minimum absolute atomic E-state index is 0.188. The zero-order valence-corrected chi connectivity index (χ0v) is 7.25. The van der Waals surface area contributed by atoms with Gasteiger partial charge in [-0.1, -0.05) is 6.92 Å². The van der Waals surface area contributed by atoms with Gasteiger partial charge in [0.15, 0.2) is 0 Å². The Hall–Kier alpha value is -1.30. The van der Waals surface area contributed by atoms with E-state index in [-0.39, 0.29) is 5.92 Å². The van der Waals surface area contributed by atoms with Crippen LogP contribution in [0.25, 0.3) is 0 Å². The molecule has 1 N–H and O–H groups in total. The van der Waals surface area contributed by atoms with E-state index in [4.69, 9.17) is 5.26 Å². The molecule has 1 rings (SSSR count). The highest BCUT2D eigenvalue weighted by atomic mass is 15.1. The summed E-state index contributed by atoms with van der Waals surface area (Å²) in [6.07, 6.45) is 4.52. The van der Waals surface area contributed by atoms with E-state index in [1.807, 2.05) is 13.0 Å². The molecule has 1 heterocycles. The molecule has 1 aromatic rings. The molecule has 64 valence electrons. The van der Waals surface area contributed by atoms with E-state index >= 15 is 0 Å². The molecular weight excluding hydrogens is 150 g/mol. The number of nitrogens with zero attached hydrogens (tertiary/aromatic N) is 2. The maximum absolute atomic E-state index is 8.68. The fourth-order valence-corrected chi connectivity index (χ4v) is 1.11. The zero-order valence-electron chi connectivity index (χ0n) is 7.25. The van der Waals surface area contributed by atoms with Crippen LogP contribution in [-0.4, -0.2) is 10.2 Å². The molecule has 1 aromatic heterocycles. The molecule has 0 radical (unpaired) electrons. The third-order valence-corrected chi connectivity index (χ3v) is 2.00. The highest BCUT2D eigenvalue weighted by Gasteiger charge is 2.04. The third kappa shape index (κ3) is 2.39. The van der Waals surface area contributed by atoms with Crippen LogP contribution in [0, 0.1) is 17.2 Å². The smallest absolute Gasteiger partial charge is 0.0655 e. The van der Waals surface area contributed by atoms with Crippen molar-refractivity contribution in [1.29, 1.82) is 5.26 Å². The van der Waals surface area contributed by atoms with Crippen LogP contribution in [-0.2, 0) is 6.42 Å². The van der Waals surface area contributed by atoms with E-state index in [2.05, 4.69) is 16.3 Å². The van der Waals surface area contributed by atoms with Crippen LogP contribution in [0.5, 0.6) is 0 Å². The van der Waals surface area contributed by atoms with Crippen LogP contribution < -0.4 is 0 Å². The second-order valence-corrected chi connectivity index (χ2v) is 2.85. The summed E-state index contributed by atoms with van der Waals surface area (Å²) in [5.41, 5.74) is 1.11. The Bertz CT molecular complexity index is 245. The molecule has 0 aliphatic heterocycles. The monoisotopic (exact) mass is 163 g/mol. The number of H-pyrrole nitrogens is 1. The van der Waals surface area contributed by atoms with Gasteiger partial charge in [-0.05, 0) is 25.3 Å². The average molecular weight is 163 g/mol. The number of aromatic amines is 1. The fourth-order valence-electron chi connectivity index (χ4n) is 1.11. The highest BCUT2D eigenvalue weighted by molar-refractivity contribution is 4.98. The summed E-state index contributed by atoms with van der Waals surface area (Å²) in [5, 5.41) is 15.4. The summed E-state index contributed by atoms with van der Waals surface area (Å²) in [6.45, 7) is 2.04. The molecule has 0 bridgehead atoms. The van der Waals surface area contributed by atoms with Crippen LogP contribution in [0.4, 0.5) is 0 Å². The van der Waals surface area contributed by atoms with Gasteiger partial charge in [0, 0.05) is 17.8 Å². The van der Waals surface area contributed by atoms with Gasteiger partial charge in [-0.25, -0.2) is 0 Å². The first-order chi connectivity index (χ1) is 5.86. The first kappa shape index (κ1) is 8.79. The Morgan fingerprint density at radius 2 is 2.58 bits per heavy atom. The van der Waals surface area contributed by atoms with E-state index < -0.39 is 0 Å². The second kappa shape index (κ2) is 4.55. The Labute approximate surface area is 72.4 Å². The van der Waals surface area contributed by atoms with E-state index in [9.17, 15) is 0 Å². The molecule has 0 aliphatic rings. The normalized spacial score (nSPS) is 12.3. The molecule has 0 aromatic carbocycles. The van der Waals surface area contributed by atoms with Gasteiger partial charge in [0.05, 0.1) is 6.07 Å². The summed E-state index contributed by atoms with van der Waals surface area (Å²) in [6, 6.07) is 4.23. The molecule has 0 saturated heterocycles. The standard InChI is InChI=1S/C9H13N3/c1-2-8(7-10)3-4-9-5-6-11-12-9/h5-6,8H,2-4H2,1H3,(H,11,12). The second-order valence-electron chi connectivity index (χ2n) is 2.85. The number of nitriles is 1. The zero-order chi connectivity index (χ0) is 8.81. The van der Waals surface area contributed by atoms with Gasteiger partial charge in [-0.15, -0.1) is 0 Å². The van der Waals surface area contributed by atoms with E-state index in [1.54, 1.807) is 6.20 Å². The average Bonchev–Trinajstić information content (AvgIpc) is 2.59. The van der Waals surface area contributed by atoms with Crippen molar-refractivity contribution in [2.45, 2.75) is 26.2 Å². The molecule has 3 nitrogen and oxygen atoms in total. The lowest BCUT2D eigenvalue weighted by atomic mass is 10.0. The molecule has 1 unspecified atom stereocenters. The minimum Gasteiger partial charge on any atom is -0.283 e. The SMILES string of the molecule is CCC(C#N)CCc1ccn[nH]1. The van der Waals surface area contributed by atoms with Crippen LogP contribution in [0.1, 0.15) is 25.5 Å². The summed E-state index contributed by atoms with van der Waals surface area (Å²) in [7, 11) is 0. The Morgan fingerprint density at radius 1 is 1.75 bits per heavy atom. The lowest BCUT2D eigenvalue weighted by molar-refractivity contribution is 0.579. The van der Waals surface area contributed by atoms with Crippen molar-refractivity contribution < 1.29 is 0 Å². The summed E-state index contributed by atoms with van der Waals surface area (Å²) < 4.78 is 0. The van der Waals surface area contributed by atoms with E-state index in [1.165, 1.54) is 0 Å². The first-order valence-corrected chi connectivity index (χ1v) is 4.24. The predicted molar refractivity (Wildman–Crippen MR) is 46.3 cm³/mol. The lowest BCUT2D eigenvalue weighted by Gasteiger charge is -2.02. The maximum Gasteiger partial charge on any atom is 0.0655 e. The third-order valence-electron chi connectivity index (χ3n) is 2.00. The molecular formula is C9H13N3. The van der Waals surface area contributed by atoms with Crippen LogP contribution >= 0.6 is 0 Å². The number of aromatic nitrogens is 2. The van der Waals surface area contributed by atoms with Gasteiger partial charge in [-0.2, -0.15) is 10.4 Å². The predicted octanol–water partition coefficient (Wildman–Crippen LogP) is 1.89. The molecule has 12 heavy (non-hydrogen) atoms. The van der Waals surface area contributed by atoms with E-state index in [0.29, 0.717) is 0 Å². The number of aryl methyl sites for hydroxylation is 1. The van der Waals surface area contributed by atoms with Crippen molar-refractivity contribution in [2.75, 3.05) is 0 Å². The molecule has 0 saturated carbocycles. The largest absolute Gasteiger partial charge is 0.283 e. The lowest BCUT2D eigenvalue weighted by Crippen LogP contribution is -1.97. The minimum atomic E-state index is 0.188. The first-order valence-electron chi connectivity index (χ1n) is 4.24. The number of hydrogen-bond acceptors (Lipinski definition) is 2. The molecule has 0 amide bonds. The number of hydrogen-bond donors (Lipinski definition) is 1. The molecule has 0 aliphatic carbocycles. The van der Waals surface area contributed by atoms with Crippen molar-refractivity contribution in [3.8, 4) is 6.07 Å². The Morgan fingerprint density at radius 3 is 3.08 bits per heavy atom. The Kier molecular flexibility index (Phi) is 3.34. The number of rotatable bonds is 4. The van der Waals surface area contributed by atoms with Gasteiger partial charge in [0.2, 0.25) is 0 Å². The molecule has 0 fully saturated rings. The quantitative estimate of drug-likeness (QED) is 0.736. The fraction of sp³-hybridized carbons (Fsp3) is 0.556. The summed E-state index contributed by atoms with van der Waals surface area (Å²) in [4.78, 5) is 0. The van der Waals surface area contributed by atoms with Crippen LogP contribution in [0.15, 0.2) is 12.3 Å². The maximum atomic E-state index is 8.68. The van der Waals surface area contributed by atoms with Gasteiger partial charge < -0.3 is 0 Å². The summed E-state index contributed by atoms with van der Waals surface area (Å²) >= 11 is 0. The van der Waals surface area contributed by atoms with Crippen LogP contribution in [0.3, 0.4) is 0 Å². The van der Waals surface area contributed by atoms with Crippen molar-refractivity contribution in [3.05, 3.63) is 18.0 Å². The van der Waals surface area contributed by atoms with Gasteiger partial charge in [0.25, 0.3) is 0 Å². The Balaban J connectivity index is 2.31. The van der Waals surface area contributed by atoms with Gasteiger partial charge in [-0.3, -0.25) is 5.10 Å². The summed E-state index contributed by atoms with van der Waals surface area (Å²) in [5.74, 6) is 0.188.